The van der Waals surface area contributed by atoms with E-state index in [0.717, 1.165) is 25.3 Å². The van der Waals surface area contributed by atoms with Crippen LogP contribution < -0.4 is 5.73 Å². The van der Waals surface area contributed by atoms with Crippen molar-refractivity contribution < 1.29 is 4.74 Å². The van der Waals surface area contributed by atoms with Crippen molar-refractivity contribution in [3.8, 4) is 0 Å². The van der Waals surface area contributed by atoms with E-state index >= 15 is 0 Å². The first kappa shape index (κ1) is 14.9. The lowest BCUT2D eigenvalue weighted by Gasteiger charge is -2.46. The second-order valence-electron chi connectivity index (χ2n) is 6.85. The molecule has 1 aromatic carbocycles. The van der Waals surface area contributed by atoms with Gasteiger partial charge < -0.3 is 10.5 Å². The average molecular weight is 288 g/mol. The molecule has 3 nitrogen and oxygen atoms in total. The molecule has 2 N–H and O–H groups in total. The Morgan fingerprint density at radius 1 is 1.24 bits per heavy atom. The highest BCUT2D eigenvalue weighted by Crippen LogP contribution is 2.39. The maximum absolute atomic E-state index is 6.21. The predicted molar refractivity (Wildman–Crippen MR) is 87.1 cm³/mol. The lowest BCUT2D eigenvalue weighted by Crippen LogP contribution is -2.48. The van der Waals surface area contributed by atoms with Crippen molar-refractivity contribution >= 4 is 5.69 Å². The van der Waals surface area contributed by atoms with E-state index in [1.54, 1.807) is 0 Å². The molecule has 1 atom stereocenters. The normalized spacial score (nSPS) is 25.3. The van der Waals surface area contributed by atoms with Gasteiger partial charge in [-0.1, -0.05) is 37.5 Å². The molecule has 1 aliphatic heterocycles. The van der Waals surface area contributed by atoms with Crippen LogP contribution >= 0.6 is 0 Å². The van der Waals surface area contributed by atoms with E-state index in [1.807, 2.05) is 12.1 Å². The van der Waals surface area contributed by atoms with Gasteiger partial charge in [0.05, 0.1) is 5.60 Å². The zero-order valence-corrected chi connectivity index (χ0v) is 13.2. The maximum Gasteiger partial charge on any atom is 0.0697 e. The number of hydrogen-bond acceptors (Lipinski definition) is 3. The van der Waals surface area contributed by atoms with Crippen molar-refractivity contribution in [1.29, 1.82) is 0 Å². The highest BCUT2D eigenvalue weighted by molar-refractivity contribution is 5.46. The fourth-order valence-corrected chi connectivity index (χ4v) is 4.00. The zero-order valence-electron chi connectivity index (χ0n) is 13.2. The molecule has 0 aromatic heterocycles. The van der Waals surface area contributed by atoms with Crippen LogP contribution in [0, 0.1) is 0 Å². The van der Waals surface area contributed by atoms with E-state index < -0.39 is 0 Å². The smallest absolute Gasteiger partial charge is 0.0697 e. The summed E-state index contributed by atoms with van der Waals surface area (Å²) in [4.78, 5) is 2.48. The number of para-hydroxylation sites is 1. The molecule has 0 radical (unpaired) electrons. The molecule has 0 amide bonds. The second kappa shape index (κ2) is 6.37. The van der Waals surface area contributed by atoms with E-state index in [0.29, 0.717) is 6.04 Å². The van der Waals surface area contributed by atoms with Gasteiger partial charge in [-0.15, -0.1) is 0 Å². The third kappa shape index (κ3) is 3.41. The molecular weight excluding hydrogens is 260 g/mol. The van der Waals surface area contributed by atoms with Gasteiger partial charge in [0.2, 0.25) is 0 Å². The largest absolute Gasteiger partial charge is 0.398 e. The molecule has 1 spiro atoms. The van der Waals surface area contributed by atoms with Gasteiger partial charge >= 0.3 is 0 Å². The first-order valence-corrected chi connectivity index (χ1v) is 8.36. The van der Waals surface area contributed by atoms with E-state index in [2.05, 4.69) is 24.1 Å². The first-order valence-electron chi connectivity index (χ1n) is 8.36. The molecule has 3 heteroatoms. The molecular formula is C18H28N2O. The number of rotatable bonds is 3. The van der Waals surface area contributed by atoms with Crippen molar-refractivity contribution in [2.45, 2.75) is 63.1 Å². The van der Waals surface area contributed by atoms with Gasteiger partial charge in [0.1, 0.15) is 0 Å². The Labute approximate surface area is 128 Å². The lowest BCUT2D eigenvalue weighted by molar-refractivity contribution is -0.122. The van der Waals surface area contributed by atoms with Crippen LogP contribution in [0.1, 0.15) is 50.5 Å². The predicted octanol–water partition coefficient (Wildman–Crippen LogP) is 3.58. The number of nitrogen functional groups attached to an aromatic ring is 1. The van der Waals surface area contributed by atoms with Crippen molar-refractivity contribution in [3.05, 3.63) is 29.8 Å². The van der Waals surface area contributed by atoms with Gasteiger partial charge in [0.25, 0.3) is 0 Å². The van der Waals surface area contributed by atoms with Crippen LogP contribution in [0.4, 0.5) is 5.69 Å². The number of hydrogen-bond donors (Lipinski definition) is 1. The van der Waals surface area contributed by atoms with Gasteiger partial charge in [-0.2, -0.15) is 0 Å². The van der Waals surface area contributed by atoms with E-state index in [-0.39, 0.29) is 5.60 Å². The quantitative estimate of drug-likeness (QED) is 0.864. The first-order chi connectivity index (χ1) is 10.2. The monoisotopic (exact) mass is 288 g/mol. The molecule has 3 rings (SSSR count). The molecule has 116 valence electrons. The van der Waals surface area contributed by atoms with Crippen LogP contribution in [0.5, 0.6) is 0 Å². The highest BCUT2D eigenvalue weighted by atomic mass is 16.5. The Balaban J connectivity index is 1.64. The molecule has 2 aliphatic rings. The van der Waals surface area contributed by atoms with Crippen LogP contribution in [0.15, 0.2) is 24.3 Å². The standard InChI is InChI=1S/C18H28N2O/c1-20(14-15-7-3-4-8-17(15)19)16-9-12-21-18(13-16)10-5-2-6-11-18/h3-4,7-8,16H,2,5-6,9-14,19H2,1H3. The van der Waals surface area contributed by atoms with Gasteiger partial charge in [0, 0.05) is 24.9 Å². The summed E-state index contributed by atoms with van der Waals surface area (Å²) in [6, 6.07) is 8.84. The van der Waals surface area contributed by atoms with Crippen molar-refractivity contribution in [2.75, 3.05) is 19.4 Å². The Morgan fingerprint density at radius 3 is 2.76 bits per heavy atom. The Bertz CT molecular complexity index is 463. The molecule has 1 aliphatic carbocycles. The fraction of sp³-hybridized carbons (Fsp3) is 0.667. The van der Waals surface area contributed by atoms with Gasteiger partial charge in [0.15, 0.2) is 0 Å². The fourth-order valence-electron chi connectivity index (χ4n) is 4.00. The molecule has 1 heterocycles. The number of nitrogens with two attached hydrogens (primary N) is 1. The van der Waals surface area contributed by atoms with Crippen LogP contribution in [0.2, 0.25) is 0 Å². The molecule has 1 saturated carbocycles. The lowest BCUT2D eigenvalue weighted by atomic mass is 9.78. The summed E-state index contributed by atoms with van der Waals surface area (Å²) >= 11 is 0. The molecule has 1 aromatic rings. The summed E-state index contributed by atoms with van der Waals surface area (Å²) in [5, 5.41) is 0. The maximum atomic E-state index is 6.21. The van der Waals surface area contributed by atoms with E-state index in [1.165, 1.54) is 44.1 Å². The minimum absolute atomic E-state index is 0.178. The van der Waals surface area contributed by atoms with Crippen molar-refractivity contribution in [2.24, 2.45) is 0 Å². The van der Waals surface area contributed by atoms with E-state index in [4.69, 9.17) is 10.5 Å². The minimum Gasteiger partial charge on any atom is -0.398 e. The Kier molecular flexibility index (Phi) is 4.51. The van der Waals surface area contributed by atoms with Gasteiger partial charge in [-0.3, -0.25) is 4.90 Å². The summed E-state index contributed by atoms with van der Waals surface area (Å²) in [7, 11) is 2.24. The van der Waals surface area contributed by atoms with E-state index in [9.17, 15) is 0 Å². The van der Waals surface area contributed by atoms with Crippen LogP contribution in [0.25, 0.3) is 0 Å². The number of benzene rings is 1. The van der Waals surface area contributed by atoms with Gasteiger partial charge in [-0.25, -0.2) is 0 Å². The second-order valence-corrected chi connectivity index (χ2v) is 6.85. The molecule has 0 bridgehead atoms. The molecule has 21 heavy (non-hydrogen) atoms. The third-order valence-electron chi connectivity index (χ3n) is 5.33. The summed E-state index contributed by atoms with van der Waals surface area (Å²) in [5.41, 5.74) is 8.41. The van der Waals surface area contributed by atoms with Crippen LogP contribution in [0.3, 0.4) is 0 Å². The minimum atomic E-state index is 0.178. The SMILES string of the molecule is CN(Cc1ccccc1N)C1CCOC2(CCCCC2)C1. The summed E-state index contributed by atoms with van der Waals surface area (Å²) in [5.74, 6) is 0. The van der Waals surface area contributed by atoms with Gasteiger partial charge in [-0.05, 0) is 44.4 Å². The summed E-state index contributed by atoms with van der Waals surface area (Å²) < 4.78 is 6.21. The molecule has 1 unspecified atom stereocenters. The summed E-state index contributed by atoms with van der Waals surface area (Å²) in [6.07, 6.45) is 8.90. The molecule has 1 saturated heterocycles. The average Bonchev–Trinajstić information content (AvgIpc) is 2.50. The summed E-state index contributed by atoms with van der Waals surface area (Å²) in [6.45, 7) is 1.85. The Morgan fingerprint density at radius 2 is 2.00 bits per heavy atom. The van der Waals surface area contributed by atoms with Crippen LogP contribution in [-0.4, -0.2) is 30.2 Å². The third-order valence-corrected chi connectivity index (χ3v) is 5.33. The van der Waals surface area contributed by atoms with Crippen LogP contribution in [-0.2, 0) is 11.3 Å². The van der Waals surface area contributed by atoms with Crippen molar-refractivity contribution in [1.82, 2.24) is 4.90 Å². The number of ether oxygens (including phenoxy) is 1. The van der Waals surface area contributed by atoms with Crippen molar-refractivity contribution in [3.63, 3.8) is 0 Å². The topological polar surface area (TPSA) is 38.5 Å². The zero-order chi connectivity index (χ0) is 14.7. The Hall–Kier alpha value is -1.06. The molecule has 2 fully saturated rings. The number of nitrogens with zero attached hydrogens (tertiary/aromatic N) is 1. The number of anilines is 1. The highest BCUT2D eigenvalue weighted by Gasteiger charge is 2.39.